The number of amides is 1. The van der Waals surface area contributed by atoms with Gasteiger partial charge in [0, 0.05) is 19.6 Å². The maximum Gasteiger partial charge on any atom is 0.341 e. The SMILES string of the molecule is CCNC(=O)[C@@H](C)OC(=O)c1cc(S(=O)(=O)N2CCOCC2)ccc1F. The lowest BCUT2D eigenvalue weighted by Gasteiger charge is -2.26. The fourth-order valence-electron chi connectivity index (χ4n) is 2.35. The van der Waals surface area contributed by atoms with Gasteiger partial charge in [0.2, 0.25) is 10.0 Å². The molecule has 1 fully saturated rings. The highest BCUT2D eigenvalue weighted by Gasteiger charge is 2.29. The first-order valence-electron chi connectivity index (χ1n) is 8.13. The molecule has 10 heteroatoms. The molecule has 1 atom stereocenters. The summed E-state index contributed by atoms with van der Waals surface area (Å²) < 4.78 is 50.5. The van der Waals surface area contributed by atoms with Crippen molar-refractivity contribution in [2.24, 2.45) is 0 Å². The van der Waals surface area contributed by atoms with E-state index in [2.05, 4.69) is 5.32 Å². The molecule has 0 saturated carbocycles. The van der Waals surface area contributed by atoms with Crippen LogP contribution in [0.4, 0.5) is 4.39 Å². The Labute approximate surface area is 151 Å². The molecule has 0 aliphatic carbocycles. The summed E-state index contributed by atoms with van der Waals surface area (Å²) in [5, 5.41) is 2.47. The molecule has 1 aliphatic rings. The first-order chi connectivity index (χ1) is 12.3. The molecule has 1 N–H and O–H groups in total. The number of halogens is 1. The molecule has 1 aromatic rings. The van der Waals surface area contributed by atoms with Crippen LogP contribution in [-0.2, 0) is 24.3 Å². The van der Waals surface area contributed by atoms with Gasteiger partial charge in [0.1, 0.15) is 5.82 Å². The zero-order chi connectivity index (χ0) is 19.3. The highest BCUT2D eigenvalue weighted by atomic mass is 32.2. The third kappa shape index (κ3) is 4.57. The lowest BCUT2D eigenvalue weighted by atomic mass is 10.2. The van der Waals surface area contributed by atoms with Crippen LogP contribution < -0.4 is 5.32 Å². The number of carbonyl (C=O) groups excluding carboxylic acids is 2. The number of nitrogens with zero attached hydrogens (tertiary/aromatic N) is 1. The standard InChI is InChI=1S/C16H21FN2O6S/c1-3-18-15(20)11(2)25-16(21)13-10-12(4-5-14(13)17)26(22,23)19-6-8-24-9-7-19/h4-5,10-11H,3,6-9H2,1-2H3,(H,18,20)/t11-/m1/s1. The minimum absolute atomic E-state index is 0.174. The van der Waals surface area contributed by atoms with E-state index in [1.165, 1.54) is 11.2 Å². The predicted octanol–water partition coefficient (Wildman–Crippen LogP) is 0.528. The van der Waals surface area contributed by atoms with Crippen molar-refractivity contribution in [3.63, 3.8) is 0 Å². The van der Waals surface area contributed by atoms with E-state index in [4.69, 9.17) is 9.47 Å². The first kappa shape index (κ1) is 20.3. The molecule has 144 valence electrons. The summed E-state index contributed by atoms with van der Waals surface area (Å²) in [4.78, 5) is 23.6. The van der Waals surface area contributed by atoms with Crippen molar-refractivity contribution in [2.45, 2.75) is 24.8 Å². The quantitative estimate of drug-likeness (QED) is 0.713. The second kappa shape index (κ2) is 8.56. The van der Waals surface area contributed by atoms with E-state index in [-0.39, 0.29) is 31.2 Å². The normalized spacial score (nSPS) is 16.7. The van der Waals surface area contributed by atoms with Crippen molar-refractivity contribution in [1.29, 1.82) is 0 Å². The van der Waals surface area contributed by atoms with Gasteiger partial charge in [-0.05, 0) is 32.0 Å². The Bertz CT molecular complexity index is 777. The maximum atomic E-state index is 14.0. The zero-order valence-corrected chi connectivity index (χ0v) is 15.3. The summed E-state index contributed by atoms with van der Waals surface area (Å²) in [5.41, 5.74) is -0.546. The van der Waals surface area contributed by atoms with Crippen molar-refractivity contribution < 1.29 is 31.9 Å². The second-order valence-corrected chi connectivity index (χ2v) is 7.54. The summed E-state index contributed by atoms with van der Waals surface area (Å²) in [6.45, 7) is 4.27. The Morgan fingerprint density at radius 3 is 2.62 bits per heavy atom. The maximum absolute atomic E-state index is 14.0. The summed E-state index contributed by atoms with van der Waals surface area (Å²) in [5.74, 6) is -2.57. The number of nitrogens with one attached hydrogen (secondary N) is 1. The molecule has 1 heterocycles. The molecule has 1 amide bonds. The van der Waals surface area contributed by atoms with Crippen LogP contribution in [0.5, 0.6) is 0 Å². The van der Waals surface area contributed by atoms with E-state index in [1.807, 2.05) is 0 Å². The van der Waals surface area contributed by atoms with Gasteiger partial charge in [-0.25, -0.2) is 17.6 Å². The van der Waals surface area contributed by atoms with Crippen LogP contribution in [0.15, 0.2) is 23.1 Å². The molecule has 1 saturated heterocycles. The highest BCUT2D eigenvalue weighted by molar-refractivity contribution is 7.89. The number of likely N-dealkylation sites (N-methyl/N-ethyl adjacent to an activating group) is 1. The van der Waals surface area contributed by atoms with E-state index in [9.17, 15) is 22.4 Å². The summed E-state index contributed by atoms with van der Waals surface area (Å²) >= 11 is 0. The zero-order valence-electron chi connectivity index (χ0n) is 14.5. The van der Waals surface area contributed by atoms with Gasteiger partial charge in [0.05, 0.1) is 23.7 Å². The Morgan fingerprint density at radius 2 is 2.00 bits per heavy atom. The molecule has 8 nitrogen and oxygen atoms in total. The number of rotatable bonds is 6. The van der Waals surface area contributed by atoms with E-state index >= 15 is 0 Å². The Balaban J connectivity index is 2.23. The average Bonchev–Trinajstić information content (AvgIpc) is 2.62. The Kier molecular flexibility index (Phi) is 6.68. The minimum atomic E-state index is -3.89. The van der Waals surface area contributed by atoms with Gasteiger partial charge < -0.3 is 14.8 Å². The Hall–Kier alpha value is -2.04. The fraction of sp³-hybridized carbons (Fsp3) is 0.500. The van der Waals surface area contributed by atoms with Crippen molar-refractivity contribution in [2.75, 3.05) is 32.8 Å². The number of sulfonamides is 1. The van der Waals surface area contributed by atoms with Gasteiger partial charge >= 0.3 is 5.97 Å². The average molecular weight is 388 g/mol. The molecule has 0 bridgehead atoms. The number of carbonyl (C=O) groups is 2. The number of esters is 1. The topological polar surface area (TPSA) is 102 Å². The van der Waals surface area contributed by atoms with Crippen molar-refractivity contribution in [3.8, 4) is 0 Å². The summed E-state index contributed by atoms with van der Waals surface area (Å²) in [7, 11) is -3.89. The molecular weight excluding hydrogens is 367 g/mol. The monoisotopic (exact) mass is 388 g/mol. The number of morpholine rings is 1. The number of hydrogen-bond donors (Lipinski definition) is 1. The van der Waals surface area contributed by atoms with Crippen LogP contribution in [0, 0.1) is 5.82 Å². The van der Waals surface area contributed by atoms with Gasteiger partial charge in [-0.1, -0.05) is 0 Å². The van der Waals surface area contributed by atoms with E-state index in [0.717, 1.165) is 18.2 Å². The van der Waals surface area contributed by atoms with Gasteiger partial charge in [0.15, 0.2) is 6.10 Å². The van der Waals surface area contributed by atoms with Crippen LogP contribution in [0.25, 0.3) is 0 Å². The first-order valence-corrected chi connectivity index (χ1v) is 9.57. The molecule has 0 radical (unpaired) electrons. The smallest absolute Gasteiger partial charge is 0.341 e. The van der Waals surface area contributed by atoms with Crippen LogP contribution in [-0.4, -0.2) is 63.6 Å². The molecule has 0 spiro atoms. The van der Waals surface area contributed by atoms with Crippen molar-refractivity contribution >= 4 is 21.9 Å². The van der Waals surface area contributed by atoms with Crippen LogP contribution in [0.1, 0.15) is 24.2 Å². The van der Waals surface area contributed by atoms with Gasteiger partial charge in [-0.2, -0.15) is 4.31 Å². The van der Waals surface area contributed by atoms with Gasteiger partial charge in [0.25, 0.3) is 5.91 Å². The second-order valence-electron chi connectivity index (χ2n) is 5.60. The molecule has 0 aromatic heterocycles. The van der Waals surface area contributed by atoms with Gasteiger partial charge in [-0.3, -0.25) is 4.79 Å². The third-order valence-electron chi connectivity index (χ3n) is 3.77. The lowest BCUT2D eigenvalue weighted by Crippen LogP contribution is -2.40. The van der Waals surface area contributed by atoms with E-state index in [1.54, 1.807) is 6.92 Å². The molecular formula is C16H21FN2O6S. The largest absolute Gasteiger partial charge is 0.449 e. The Morgan fingerprint density at radius 1 is 1.35 bits per heavy atom. The third-order valence-corrected chi connectivity index (χ3v) is 5.66. The van der Waals surface area contributed by atoms with Crippen LogP contribution in [0.2, 0.25) is 0 Å². The molecule has 1 aliphatic heterocycles. The fourth-order valence-corrected chi connectivity index (χ4v) is 3.79. The van der Waals surface area contributed by atoms with E-state index in [0.29, 0.717) is 6.54 Å². The highest BCUT2D eigenvalue weighted by Crippen LogP contribution is 2.21. The number of benzene rings is 1. The molecule has 26 heavy (non-hydrogen) atoms. The minimum Gasteiger partial charge on any atom is -0.449 e. The number of ether oxygens (including phenoxy) is 2. The molecule has 0 unspecified atom stereocenters. The van der Waals surface area contributed by atoms with Crippen molar-refractivity contribution in [3.05, 3.63) is 29.6 Å². The summed E-state index contributed by atoms with van der Waals surface area (Å²) in [6.07, 6.45) is -1.14. The molecule has 1 aromatic carbocycles. The van der Waals surface area contributed by atoms with Crippen LogP contribution in [0.3, 0.4) is 0 Å². The van der Waals surface area contributed by atoms with Crippen molar-refractivity contribution in [1.82, 2.24) is 9.62 Å². The lowest BCUT2D eigenvalue weighted by molar-refractivity contribution is -0.128. The van der Waals surface area contributed by atoms with Crippen LogP contribution >= 0.6 is 0 Å². The van der Waals surface area contributed by atoms with Gasteiger partial charge in [-0.15, -0.1) is 0 Å². The molecule has 2 rings (SSSR count). The summed E-state index contributed by atoms with van der Waals surface area (Å²) in [6, 6.07) is 2.90. The predicted molar refractivity (Wildman–Crippen MR) is 89.5 cm³/mol. The number of hydrogen-bond acceptors (Lipinski definition) is 6. The van der Waals surface area contributed by atoms with E-state index < -0.39 is 39.4 Å².